The number of esters is 1. The third-order valence-electron chi connectivity index (χ3n) is 3.78. The minimum absolute atomic E-state index is 0.104. The molecular weight excluding hydrogens is 354 g/mol. The highest BCUT2D eigenvalue weighted by Gasteiger charge is 2.13. The minimum Gasteiger partial charge on any atom is -0.493 e. The van der Waals surface area contributed by atoms with Crippen LogP contribution in [-0.4, -0.2) is 32.7 Å². The Morgan fingerprint density at radius 3 is 2.58 bits per heavy atom. The Kier molecular flexibility index (Phi) is 7.47. The van der Waals surface area contributed by atoms with E-state index < -0.39 is 5.97 Å². The Labute approximate surface area is 157 Å². The summed E-state index contributed by atoms with van der Waals surface area (Å²) in [6, 6.07) is 9.25. The fourth-order valence-corrected chi connectivity index (χ4v) is 3.13. The molecule has 1 aromatic heterocycles. The molecule has 140 valence electrons. The van der Waals surface area contributed by atoms with Gasteiger partial charge < -0.3 is 19.5 Å². The lowest BCUT2D eigenvalue weighted by molar-refractivity contribution is -0.148. The maximum Gasteiger partial charge on any atom is 0.306 e. The summed E-state index contributed by atoms with van der Waals surface area (Å²) in [6.45, 7) is 1.61. The molecule has 0 fully saturated rings. The molecule has 7 heteroatoms. The van der Waals surface area contributed by atoms with Crippen molar-refractivity contribution in [2.75, 3.05) is 20.8 Å². The third-order valence-corrected chi connectivity index (χ3v) is 4.83. The number of thiophene rings is 1. The van der Waals surface area contributed by atoms with Gasteiger partial charge >= 0.3 is 5.97 Å². The van der Waals surface area contributed by atoms with Crippen LogP contribution in [-0.2, 0) is 20.7 Å². The van der Waals surface area contributed by atoms with Crippen LogP contribution < -0.4 is 14.8 Å². The molecule has 0 aliphatic rings. The van der Waals surface area contributed by atoms with Gasteiger partial charge in [0.25, 0.3) is 5.91 Å². The Morgan fingerprint density at radius 1 is 1.15 bits per heavy atom. The molecule has 26 heavy (non-hydrogen) atoms. The molecule has 0 spiro atoms. The monoisotopic (exact) mass is 377 g/mol. The van der Waals surface area contributed by atoms with Crippen LogP contribution in [0.15, 0.2) is 35.7 Å². The van der Waals surface area contributed by atoms with Crippen molar-refractivity contribution >= 4 is 23.2 Å². The van der Waals surface area contributed by atoms with Crippen LogP contribution in [0.1, 0.15) is 29.8 Å². The summed E-state index contributed by atoms with van der Waals surface area (Å²) in [5.41, 5.74) is 0.926. The summed E-state index contributed by atoms with van der Waals surface area (Å²) in [7, 11) is 3.13. The Balaban J connectivity index is 1.74. The van der Waals surface area contributed by atoms with Gasteiger partial charge in [0.1, 0.15) is 0 Å². The number of hydrogen-bond donors (Lipinski definition) is 1. The van der Waals surface area contributed by atoms with Crippen LogP contribution in [0, 0.1) is 0 Å². The summed E-state index contributed by atoms with van der Waals surface area (Å²) in [4.78, 5) is 24.8. The first-order valence-corrected chi connectivity index (χ1v) is 9.10. The van der Waals surface area contributed by atoms with E-state index in [2.05, 4.69) is 5.32 Å². The highest BCUT2D eigenvalue weighted by atomic mass is 32.1. The summed E-state index contributed by atoms with van der Waals surface area (Å²) < 4.78 is 15.5. The molecule has 0 saturated carbocycles. The summed E-state index contributed by atoms with van der Waals surface area (Å²) in [5.74, 6) is 0.514. The quantitative estimate of drug-likeness (QED) is 0.680. The molecule has 0 aliphatic carbocycles. The first kappa shape index (κ1) is 19.8. The first-order valence-electron chi connectivity index (χ1n) is 8.22. The van der Waals surface area contributed by atoms with E-state index in [9.17, 15) is 9.59 Å². The molecule has 1 aromatic carbocycles. The molecule has 1 atom stereocenters. The zero-order chi connectivity index (χ0) is 18.9. The molecular formula is C19H23NO5S. The van der Waals surface area contributed by atoms with Gasteiger partial charge in [0.2, 0.25) is 0 Å². The minimum atomic E-state index is -0.418. The predicted octanol–water partition coefficient (Wildman–Crippen LogP) is 3.12. The SMILES string of the molecule is COc1ccc(CCC(=O)OCC(=O)N[C@@H](C)c2cccs2)cc1OC. The number of hydrogen-bond acceptors (Lipinski definition) is 6. The molecule has 2 aromatic rings. The van der Waals surface area contributed by atoms with Crippen molar-refractivity contribution in [1.29, 1.82) is 0 Å². The average Bonchev–Trinajstić information content (AvgIpc) is 3.19. The lowest BCUT2D eigenvalue weighted by Crippen LogP contribution is -2.30. The average molecular weight is 377 g/mol. The second-order valence-electron chi connectivity index (χ2n) is 5.65. The van der Waals surface area contributed by atoms with Crippen LogP contribution in [0.5, 0.6) is 11.5 Å². The van der Waals surface area contributed by atoms with E-state index in [4.69, 9.17) is 14.2 Å². The molecule has 0 saturated heterocycles. The number of nitrogens with one attached hydrogen (secondary N) is 1. The first-order chi connectivity index (χ1) is 12.5. The zero-order valence-electron chi connectivity index (χ0n) is 15.1. The molecule has 1 N–H and O–H groups in total. The molecule has 6 nitrogen and oxygen atoms in total. The maximum atomic E-state index is 11.9. The number of benzene rings is 1. The standard InChI is InChI=1S/C19H23NO5S/c1-13(17-5-4-10-26-17)20-18(21)12-25-19(22)9-7-14-6-8-15(23-2)16(11-14)24-3/h4-6,8,10-11,13H,7,9,12H2,1-3H3,(H,20,21)/t13-/m0/s1. The van der Waals surface area contributed by atoms with Gasteiger partial charge in [0.15, 0.2) is 18.1 Å². The van der Waals surface area contributed by atoms with Gasteiger partial charge in [0, 0.05) is 11.3 Å². The van der Waals surface area contributed by atoms with Gasteiger partial charge in [-0.3, -0.25) is 9.59 Å². The Morgan fingerprint density at radius 2 is 1.92 bits per heavy atom. The smallest absolute Gasteiger partial charge is 0.306 e. The number of methoxy groups -OCH3 is 2. The summed E-state index contributed by atoms with van der Waals surface area (Å²) >= 11 is 1.57. The van der Waals surface area contributed by atoms with Gasteiger partial charge in [0.05, 0.1) is 20.3 Å². The zero-order valence-corrected chi connectivity index (χ0v) is 15.9. The predicted molar refractivity (Wildman–Crippen MR) is 99.7 cm³/mol. The Hall–Kier alpha value is -2.54. The second kappa shape index (κ2) is 9.82. The molecule has 0 radical (unpaired) electrons. The summed E-state index contributed by atoms with van der Waals surface area (Å²) in [5, 5.41) is 4.75. The highest BCUT2D eigenvalue weighted by Crippen LogP contribution is 2.28. The molecule has 1 amide bonds. The van der Waals surface area contributed by atoms with E-state index in [0.717, 1.165) is 10.4 Å². The van der Waals surface area contributed by atoms with Crippen LogP contribution in [0.3, 0.4) is 0 Å². The maximum absolute atomic E-state index is 11.9. The number of ether oxygens (including phenoxy) is 3. The van der Waals surface area contributed by atoms with E-state index in [1.807, 2.05) is 36.6 Å². The van der Waals surface area contributed by atoms with Crippen molar-refractivity contribution < 1.29 is 23.8 Å². The van der Waals surface area contributed by atoms with Crippen molar-refractivity contribution in [3.8, 4) is 11.5 Å². The van der Waals surface area contributed by atoms with Crippen molar-refractivity contribution in [3.05, 3.63) is 46.2 Å². The number of amides is 1. The normalized spacial score (nSPS) is 11.5. The van der Waals surface area contributed by atoms with Crippen LogP contribution in [0.4, 0.5) is 0 Å². The lowest BCUT2D eigenvalue weighted by atomic mass is 10.1. The van der Waals surface area contributed by atoms with Crippen molar-refractivity contribution in [1.82, 2.24) is 5.32 Å². The lowest BCUT2D eigenvalue weighted by Gasteiger charge is -2.12. The van der Waals surface area contributed by atoms with Gasteiger partial charge in [-0.2, -0.15) is 0 Å². The van der Waals surface area contributed by atoms with Gasteiger partial charge in [-0.25, -0.2) is 0 Å². The van der Waals surface area contributed by atoms with Gasteiger partial charge in [-0.05, 0) is 42.5 Å². The van der Waals surface area contributed by atoms with E-state index in [1.54, 1.807) is 31.6 Å². The van der Waals surface area contributed by atoms with Crippen LogP contribution in [0.2, 0.25) is 0 Å². The molecule has 1 heterocycles. The van der Waals surface area contributed by atoms with Gasteiger partial charge in [-0.15, -0.1) is 11.3 Å². The fraction of sp³-hybridized carbons (Fsp3) is 0.368. The van der Waals surface area contributed by atoms with Crippen molar-refractivity contribution in [2.45, 2.75) is 25.8 Å². The van der Waals surface area contributed by atoms with Crippen LogP contribution in [0.25, 0.3) is 0 Å². The number of carbonyl (C=O) groups excluding carboxylic acids is 2. The highest BCUT2D eigenvalue weighted by molar-refractivity contribution is 7.10. The Bertz CT molecular complexity index is 730. The fourth-order valence-electron chi connectivity index (χ4n) is 2.39. The topological polar surface area (TPSA) is 73.9 Å². The van der Waals surface area contributed by atoms with Crippen molar-refractivity contribution in [2.24, 2.45) is 0 Å². The number of aryl methyl sites for hydroxylation is 1. The van der Waals surface area contributed by atoms with Gasteiger partial charge in [-0.1, -0.05) is 12.1 Å². The van der Waals surface area contributed by atoms with E-state index in [1.165, 1.54) is 0 Å². The largest absolute Gasteiger partial charge is 0.493 e. The summed E-state index contributed by atoms with van der Waals surface area (Å²) in [6.07, 6.45) is 0.676. The molecule has 2 rings (SSSR count). The molecule has 0 bridgehead atoms. The molecule has 0 aliphatic heterocycles. The third kappa shape index (κ3) is 5.77. The van der Waals surface area contributed by atoms with Crippen molar-refractivity contribution in [3.63, 3.8) is 0 Å². The second-order valence-corrected chi connectivity index (χ2v) is 6.63. The van der Waals surface area contributed by atoms with Crippen LogP contribution >= 0.6 is 11.3 Å². The molecule has 0 unspecified atom stereocenters. The van der Waals surface area contributed by atoms with E-state index >= 15 is 0 Å². The van der Waals surface area contributed by atoms with E-state index in [-0.39, 0.29) is 25.0 Å². The number of carbonyl (C=O) groups is 2. The number of rotatable bonds is 9. The van der Waals surface area contributed by atoms with E-state index in [0.29, 0.717) is 17.9 Å².